The Labute approximate surface area is 126 Å². The summed E-state index contributed by atoms with van der Waals surface area (Å²) in [4.78, 5) is 24.1. The number of carboxylic acids is 1. The van der Waals surface area contributed by atoms with Crippen LogP contribution in [0.15, 0.2) is 12.1 Å². The van der Waals surface area contributed by atoms with Crippen LogP contribution in [-0.2, 0) is 4.79 Å². The normalized spacial score (nSPS) is 12.9. The van der Waals surface area contributed by atoms with Gasteiger partial charge in [0.05, 0.1) is 26.2 Å². The molecule has 0 radical (unpaired) electrons. The molecule has 0 aliphatic rings. The number of benzene rings is 1. The van der Waals surface area contributed by atoms with E-state index in [1.807, 2.05) is 0 Å². The number of amides is 2. The Hall–Kier alpha value is -2.09. The van der Waals surface area contributed by atoms with Gasteiger partial charge in [-0.25, -0.2) is 22.4 Å². The number of quaternary nitrogens is 1. The molecular weight excluding hydrogens is 301 g/mol. The van der Waals surface area contributed by atoms with E-state index in [2.05, 4.69) is 0 Å². The van der Waals surface area contributed by atoms with Crippen LogP contribution in [-0.4, -0.2) is 48.8 Å². The molecule has 5 nitrogen and oxygen atoms in total. The Bertz CT molecular complexity index is 605. The number of carbonyl (C=O) groups excluding carboxylic acids is 1. The molecule has 22 heavy (non-hydrogen) atoms. The lowest BCUT2D eigenvalue weighted by Gasteiger charge is -2.35. The summed E-state index contributed by atoms with van der Waals surface area (Å²) in [5.41, 5.74) is -0.419. The summed E-state index contributed by atoms with van der Waals surface area (Å²) < 4.78 is 39.6. The van der Waals surface area contributed by atoms with Gasteiger partial charge in [-0.15, -0.1) is 0 Å². The fraction of sp³-hybridized carbons (Fsp3) is 0.429. The molecule has 1 rings (SSSR count). The molecule has 1 N–H and O–H groups in total. The van der Waals surface area contributed by atoms with Gasteiger partial charge in [0.15, 0.2) is 17.5 Å². The summed E-state index contributed by atoms with van der Waals surface area (Å²) in [6.45, 7) is 1.56. The highest BCUT2D eigenvalue weighted by molar-refractivity contribution is 5.86. The number of halogens is 3. The molecule has 0 bridgehead atoms. The van der Waals surface area contributed by atoms with Crippen molar-refractivity contribution >= 4 is 17.7 Å². The summed E-state index contributed by atoms with van der Waals surface area (Å²) >= 11 is 0. The first kappa shape index (κ1) is 18.0. The quantitative estimate of drug-likeness (QED) is 0.685. The molecule has 0 saturated heterocycles. The molecular formula is C14H18F3N2O3+. The van der Waals surface area contributed by atoms with Crippen LogP contribution in [0.25, 0.3) is 0 Å². The maximum atomic E-state index is 13.8. The van der Waals surface area contributed by atoms with Gasteiger partial charge in [-0.05, 0) is 19.1 Å². The lowest BCUT2D eigenvalue weighted by Crippen LogP contribution is -2.57. The molecule has 8 heteroatoms. The van der Waals surface area contributed by atoms with E-state index < -0.39 is 41.2 Å². The molecule has 0 heterocycles. The van der Waals surface area contributed by atoms with Gasteiger partial charge >= 0.3 is 12.0 Å². The van der Waals surface area contributed by atoms with E-state index in [4.69, 9.17) is 5.11 Å². The Morgan fingerprint density at radius 1 is 1.23 bits per heavy atom. The van der Waals surface area contributed by atoms with Crippen LogP contribution in [0.5, 0.6) is 0 Å². The van der Waals surface area contributed by atoms with Gasteiger partial charge in [0.2, 0.25) is 0 Å². The van der Waals surface area contributed by atoms with Gasteiger partial charge in [0, 0.05) is 7.05 Å². The van der Waals surface area contributed by atoms with E-state index in [0.29, 0.717) is 0 Å². The van der Waals surface area contributed by atoms with Gasteiger partial charge < -0.3 is 5.11 Å². The summed E-state index contributed by atoms with van der Waals surface area (Å²) in [5.74, 6) is -5.56. The van der Waals surface area contributed by atoms with Crippen LogP contribution in [0.1, 0.15) is 13.3 Å². The van der Waals surface area contributed by atoms with Crippen molar-refractivity contribution < 1.29 is 32.3 Å². The third kappa shape index (κ3) is 3.38. The standard InChI is InChI=1S/C14H17F3N2O3/c1-8(7-11(20)21)19(3,4)14(22)18(2)10-6-5-9(15)12(16)13(10)17/h5-6,8H,7H2,1-4H3/p+1/t8-/m1/s1. The minimum atomic E-state index is -1.67. The summed E-state index contributed by atoms with van der Waals surface area (Å²) in [6, 6.07) is 0.422. The number of hydrogen-bond acceptors (Lipinski definition) is 2. The zero-order valence-electron chi connectivity index (χ0n) is 12.7. The number of carbonyl (C=O) groups is 2. The van der Waals surface area contributed by atoms with Crippen molar-refractivity contribution in [2.24, 2.45) is 0 Å². The van der Waals surface area contributed by atoms with Crippen LogP contribution >= 0.6 is 0 Å². The van der Waals surface area contributed by atoms with Crippen molar-refractivity contribution in [1.82, 2.24) is 0 Å². The van der Waals surface area contributed by atoms with Crippen molar-refractivity contribution in [2.45, 2.75) is 19.4 Å². The molecule has 0 fully saturated rings. The van der Waals surface area contributed by atoms with Gasteiger partial charge in [-0.3, -0.25) is 9.69 Å². The molecule has 0 aliphatic carbocycles. The fourth-order valence-electron chi connectivity index (χ4n) is 1.93. The van der Waals surface area contributed by atoms with E-state index in [1.165, 1.54) is 21.1 Å². The first-order chi connectivity index (χ1) is 10.00. The van der Waals surface area contributed by atoms with Crippen LogP contribution in [0, 0.1) is 17.5 Å². The van der Waals surface area contributed by atoms with E-state index in [-0.39, 0.29) is 10.9 Å². The predicted octanol–water partition coefficient (Wildman–Crippen LogP) is 2.60. The van der Waals surface area contributed by atoms with E-state index in [1.54, 1.807) is 6.92 Å². The van der Waals surface area contributed by atoms with E-state index in [0.717, 1.165) is 17.0 Å². The highest BCUT2D eigenvalue weighted by Gasteiger charge is 2.38. The fourth-order valence-corrected chi connectivity index (χ4v) is 1.93. The zero-order chi connectivity index (χ0) is 17.2. The van der Waals surface area contributed by atoms with Crippen LogP contribution in [0.2, 0.25) is 0 Å². The average molecular weight is 319 g/mol. The Morgan fingerprint density at radius 3 is 2.27 bits per heavy atom. The minimum Gasteiger partial charge on any atom is -0.481 e. The monoisotopic (exact) mass is 319 g/mol. The third-order valence-electron chi connectivity index (χ3n) is 3.73. The van der Waals surface area contributed by atoms with Gasteiger partial charge in [-0.2, -0.15) is 0 Å². The number of anilines is 1. The first-order valence-corrected chi connectivity index (χ1v) is 6.47. The zero-order valence-corrected chi connectivity index (χ0v) is 12.7. The highest BCUT2D eigenvalue weighted by Crippen LogP contribution is 2.25. The highest BCUT2D eigenvalue weighted by atomic mass is 19.2. The molecule has 1 aromatic rings. The summed E-state index contributed by atoms with van der Waals surface area (Å²) in [7, 11) is 4.14. The van der Waals surface area contributed by atoms with Crippen molar-refractivity contribution in [3.05, 3.63) is 29.6 Å². The smallest absolute Gasteiger partial charge is 0.423 e. The Kier molecular flexibility index (Phi) is 5.18. The van der Waals surface area contributed by atoms with Crippen molar-refractivity contribution in [3.8, 4) is 0 Å². The van der Waals surface area contributed by atoms with E-state index in [9.17, 15) is 22.8 Å². The van der Waals surface area contributed by atoms with Crippen LogP contribution in [0.4, 0.5) is 23.7 Å². The molecule has 122 valence electrons. The van der Waals surface area contributed by atoms with Crippen LogP contribution in [0.3, 0.4) is 0 Å². The largest absolute Gasteiger partial charge is 0.481 e. The minimum absolute atomic E-state index is 0.271. The Balaban J connectivity index is 3.12. The average Bonchev–Trinajstić information content (AvgIpc) is 2.42. The van der Waals surface area contributed by atoms with Crippen molar-refractivity contribution in [2.75, 3.05) is 26.0 Å². The molecule has 0 saturated carbocycles. The molecule has 1 aromatic carbocycles. The van der Waals surface area contributed by atoms with Crippen LogP contribution < -0.4 is 4.90 Å². The molecule has 2 amide bonds. The lowest BCUT2D eigenvalue weighted by molar-refractivity contribution is -0.832. The van der Waals surface area contributed by atoms with Gasteiger partial charge in [0.25, 0.3) is 0 Å². The second kappa shape index (κ2) is 6.35. The maximum absolute atomic E-state index is 13.8. The molecule has 0 spiro atoms. The molecule has 0 aromatic heterocycles. The van der Waals surface area contributed by atoms with Gasteiger partial charge in [0.1, 0.15) is 6.04 Å². The maximum Gasteiger partial charge on any atom is 0.423 e. The van der Waals surface area contributed by atoms with Gasteiger partial charge in [-0.1, -0.05) is 0 Å². The predicted molar refractivity (Wildman–Crippen MR) is 73.9 cm³/mol. The second-order valence-corrected chi connectivity index (χ2v) is 5.52. The second-order valence-electron chi connectivity index (χ2n) is 5.52. The third-order valence-corrected chi connectivity index (χ3v) is 3.73. The first-order valence-electron chi connectivity index (χ1n) is 6.47. The molecule has 0 unspecified atom stereocenters. The summed E-state index contributed by atoms with van der Waals surface area (Å²) in [6.07, 6.45) is -0.271. The number of hydrogen-bond donors (Lipinski definition) is 1. The number of aliphatic carboxylic acids is 1. The number of carboxylic acid groups (broad SMARTS) is 1. The SMILES string of the molecule is C[C@H](CC(=O)O)[N+](C)(C)C(=O)N(C)c1ccc(F)c(F)c1F. The topological polar surface area (TPSA) is 57.6 Å². The lowest BCUT2D eigenvalue weighted by atomic mass is 10.2. The van der Waals surface area contributed by atoms with E-state index >= 15 is 0 Å². The molecule has 1 atom stereocenters. The van der Waals surface area contributed by atoms with Crippen molar-refractivity contribution in [3.63, 3.8) is 0 Å². The Morgan fingerprint density at radius 2 is 1.77 bits per heavy atom. The van der Waals surface area contributed by atoms with Crippen molar-refractivity contribution in [1.29, 1.82) is 0 Å². The number of rotatable bonds is 4. The number of nitrogens with zero attached hydrogens (tertiary/aromatic N) is 2. The number of urea groups is 1. The molecule has 0 aliphatic heterocycles. The summed E-state index contributed by atoms with van der Waals surface area (Å²) in [5, 5.41) is 8.81.